The van der Waals surface area contributed by atoms with E-state index in [0.29, 0.717) is 23.6 Å². The minimum Gasteiger partial charge on any atom is -0.493 e. The first-order valence-electron chi connectivity index (χ1n) is 8.15. The van der Waals surface area contributed by atoms with Crippen molar-refractivity contribution < 1.29 is 19.0 Å². The number of benzene rings is 1. The van der Waals surface area contributed by atoms with Crippen molar-refractivity contribution in [3.05, 3.63) is 23.5 Å². The molecule has 1 saturated heterocycles. The number of nitrogens with one attached hydrogen (secondary N) is 1. The Morgan fingerprint density at radius 1 is 1.26 bits per heavy atom. The summed E-state index contributed by atoms with van der Waals surface area (Å²) in [5, 5.41) is 12.7. The van der Waals surface area contributed by atoms with Gasteiger partial charge in [0.15, 0.2) is 11.5 Å². The lowest BCUT2D eigenvalue weighted by Crippen LogP contribution is -2.44. The van der Waals surface area contributed by atoms with E-state index in [0.717, 1.165) is 26.1 Å². The predicted molar refractivity (Wildman–Crippen MR) is 87.5 cm³/mol. The summed E-state index contributed by atoms with van der Waals surface area (Å²) >= 11 is 0. The lowest BCUT2D eigenvalue weighted by molar-refractivity contribution is 0.0910. The standard InChI is InChI=1S/C17H27FN2O3/c1-22-16-9-13(15(18)10-17(16)23-2)11-19-6-8-20-7-4-3-5-14(20)12-21/h9-10,14,19,21H,3-8,11-12H2,1-2H3. The fraction of sp³-hybridized carbons (Fsp3) is 0.647. The molecule has 1 unspecified atom stereocenters. The molecule has 6 heteroatoms. The number of rotatable bonds is 8. The van der Waals surface area contributed by atoms with E-state index >= 15 is 0 Å². The molecule has 0 radical (unpaired) electrons. The van der Waals surface area contributed by atoms with Crippen LogP contribution >= 0.6 is 0 Å². The highest BCUT2D eigenvalue weighted by molar-refractivity contribution is 5.43. The predicted octanol–water partition coefficient (Wildman–Crippen LogP) is 1.78. The largest absolute Gasteiger partial charge is 0.493 e. The van der Waals surface area contributed by atoms with Crippen molar-refractivity contribution >= 4 is 0 Å². The van der Waals surface area contributed by atoms with Crippen molar-refractivity contribution in [1.29, 1.82) is 0 Å². The molecule has 0 bridgehead atoms. The van der Waals surface area contributed by atoms with Crippen LogP contribution in [0.4, 0.5) is 4.39 Å². The Bertz CT molecular complexity index is 499. The van der Waals surface area contributed by atoms with Gasteiger partial charge in [0, 0.05) is 37.3 Å². The number of hydrogen-bond donors (Lipinski definition) is 2. The van der Waals surface area contributed by atoms with E-state index < -0.39 is 0 Å². The van der Waals surface area contributed by atoms with Crippen molar-refractivity contribution in [2.75, 3.05) is 40.5 Å². The zero-order chi connectivity index (χ0) is 16.7. The number of ether oxygens (including phenoxy) is 2. The molecule has 0 aliphatic carbocycles. The molecule has 0 spiro atoms. The molecule has 130 valence electrons. The molecule has 0 aromatic heterocycles. The van der Waals surface area contributed by atoms with Gasteiger partial charge in [0.05, 0.1) is 20.8 Å². The summed E-state index contributed by atoms with van der Waals surface area (Å²) in [6.07, 6.45) is 3.42. The Balaban J connectivity index is 1.84. The molecular formula is C17H27FN2O3. The van der Waals surface area contributed by atoms with Gasteiger partial charge in [0.25, 0.3) is 0 Å². The molecule has 5 nitrogen and oxygen atoms in total. The average molecular weight is 326 g/mol. The third-order valence-corrected chi connectivity index (χ3v) is 4.40. The van der Waals surface area contributed by atoms with Gasteiger partial charge in [-0.1, -0.05) is 6.42 Å². The lowest BCUT2D eigenvalue weighted by atomic mass is 10.0. The normalized spacial score (nSPS) is 18.9. The second-order valence-corrected chi connectivity index (χ2v) is 5.84. The molecule has 2 N–H and O–H groups in total. The van der Waals surface area contributed by atoms with Gasteiger partial charge in [0.1, 0.15) is 5.82 Å². The Hall–Kier alpha value is -1.37. The topological polar surface area (TPSA) is 54.0 Å². The number of aliphatic hydroxyl groups excluding tert-OH is 1. The van der Waals surface area contributed by atoms with Gasteiger partial charge in [0.2, 0.25) is 0 Å². The molecule has 1 heterocycles. The highest BCUT2D eigenvalue weighted by Gasteiger charge is 2.20. The van der Waals surface area contributed by atoms with Crippen LogP contribution in [0.25, 0.3) is 0 Å². The number of methoxy groups -OCH3 is 2. The quantitative estimate of drug-likeness (QED) is 0.713. The molecular weight excluding hydrogens is 299 g/mol. The van der Waals surface area contributed by atoms with Crippen LogP contribution in [0, 0.1) is 5.82 Å². The number of hydrogen-bond acceptors (Lipinski definition) is 5. The maximum Gasteiger partial charge on any atom is 0.163 e. The summed E-state index contributed by atoms with van der Waals surface area (Å²) in [5.74, 6) is 0.622. The van der Waals surface area contributed by atoms with Crippen molar-refractivity contribution in [2.45, 2.75) is 31.8 Å². The molecule has 2 rings (SSSR count). The number of piperidine rings is 1. The Kier molecular flexibility index (Phi) is 7.08. The summed E-state index contributed by atoms with van der Waals surface area (Å²) < 4.78 is 24.3. The summed E-state index contributed by atoms with van der Waals surface area (Å²) in [7, 11) is 3.03. The van der Waals surface area contributed by atoms with E-state index in [4.69, 9.17) is 9.47 Å². The molecule has 0 saturated carbocycles. The molecule has 1 aromatic carbocycles. The molecule has 0 amide bonds. The first-order chi connectivity index (χ1) is 11.2. The highest BCUT2D eigenvalue weighted by atomic mass is 19.1. The van der Waals surface area contributed by atoms with Crippen LogP contribution in [0.15, 0.2) is 12.1 Å². The van der Waals surface area contributed by atoms with Crippen LogP contribution in [0.1, 0.15) is 24.8 Å². The number of likely N-dealkylation sites (tertiary alicyclic amines) is 1. The van der Waals surface area contributed by atoms with E-state index in [1.165, 1.54) is 26.0 Å². The van der Waals surface area contributed by atoms with Crippen molar-refractivity contribution in [3.8, 4) is 11.5 Å². The highest BCUT2D eigenvalue weighted by Crippen LogP contribution is 2.29. The molecule has 23 heavy (non-hydrogen) atoms. The summed E-state index contributed by atoms with van der Waals surface area (Å²) in [4.78, 5) is 2.31. The van der Waals surface area contributed by atoms with Crippen LogP contribution in [-0.2, 0) is 6.54 Å². The van der Waals surface area contributed by atoms with Crippen molar-refractivity contribution in [3.63, 3.8) is 0 Å². The van der Waals surface area contributed by atoms with E-state index in [1.54, 1.807) is 13.2 Å². The SMILES string of the molecule is COc1cc(F)c(CNCCN2CCCCC2CO)cc1OC. The van der Waals surface area contributed by atoms with E-state index in [1.807, 2.05) is 0 Å². The third-order valence-electron chi connectivity index (χ3n) is 4.40. The first-order valence-corrected chi connectivity index (χ1v) is 8.15. The number of halogens is 1. The van der Waals surface area contributed by atoms with Crippen molar-refractivity contribution in [1.82, 2.24) is 10.2 Å². The monoisotopic (exact) mass is 326 g/mol. The minimum absolute atomic E-state index is 0.213. The summed E-state index contributed by atoms with van der Waals surface area (Å²) in [6.45, 7) is 3.29. The zero-order valence-corrected chi connectivity index (χ0v) is 14.0. The zero-order valence-electron chi connectivity index (χ0n) is 14.0. The van der Waals surface area contributed by atoms with Crippen LogP contribution in [-0.4, -0.2) is 56.5 Å². The Morgan fingerprint density at radius 2 is 2.00 bits per heavy atom. The van der Waals surface area contributed by atoms with Gasteiger partial charge >= 0.3 is 0 Å². The number of aliphatic hydroxyl groups is 1. The van der Waals surface area contributed by atoms with Crippen molar-refractivity contribution in [2.24, 2.45) is 0 Å². The van der Waals surface area contributed by atoms with Gasteiger partial charge < -0.3 is 19.9 Å². The fourth-order valence-corrected chi connectivity index (χ4v) is 3.04. The van der Waals surface area contributed by atoms with Gasteiger partial charge in [-0.05, 0) is 25.5 Å². The van der Waals surface area contributed by atoms with Gasteiger partial charge in [-0.2, -0.15) is 0 Å². The maximum absolute atomic E-state index is 14.0. The van der Waals surface area contributed by atoms with Gasteiger partial charge in [-0.25, -0.2) is 4.39 Å². The van der Waals surface area contributed by atoms with E-state index in [9.17, 15) is 9.50 Å². The Morgan fingerprint density at radius 3 is 2.70 bits per heavy atom. The van der Waals surface area contributed by atoms with Crippen LogP contribution < -0.4 is 14.8 Å². The van der Waals surface area contributed by atoms with Crippen LogP contribution in [0.3, 0.4) is 0 Å². The lowest BCUT2D eigenvalue weighted by Gasteiger charge is -2.34. The second-order valence-electron chi connectivity index (χ2n) is 5.84. The van der Waals surface area contributed by atoms with Gasteiger partial charge in [-0.15, -0.1) is 0 Å². The molecule has 1 fully saturated rings. The molecule has 1 aliphatic rings. The average Bonchev–Trinajstić information content (AvgIpc) is 2.59. The Labute approximate surface area is 137 Å². The molecule has 1 aromatic rings. The van der Waals surface area contributed by atoms with Crippen LogP contribution in [0.2, 0.25) is 0 Å². The summed E-state index contributed by atoms with van der Waals surface area (Å²) in [5.41, 5.74) is 0.556. The first kappa shape index (κ1) is 18.0. The third kappa shape index (κ3) is 4.80. The van der Waals surface area contributed by atoms with E-state index in [-0.39, 0.29) is 18.5 Å². The molecule has 1 atom stereocenters. The summed E-state index contributed by atoms with van der Waals surface area (Å²) in [6, 6.07) is 3.28. The maximum atomic E-state index is 14.0. The second kappa shape index (κ2) is 9.05. The van der Waals surface area contributed by atoms with Crippen LogP contribution in [0.5, 0.6) is 11.5 Å². The van der Waals surface area contributed by atoms with E-state index in [2.05, 4.69) is 10.2 Å². The smallest absolute Gasteiger partial charge is 0.163 e. The number of nitrogens with zero attached hydrogens (tertiary/aromatic N) is 1. The molecule has 1 aliphatic heterocycles. The van der Waals surface area contributed by atoms with Gasteiger partial charge in [-0.3, -0.25) is 4.90 Å². The minimum atomic E-state index is -0.304. The fourth-order valence-electron chi connectivity index (χ4n) is 3.04.